The van der Waals surface area contributed by atoms with Crippen molar-refractivity contribution in [2.75, 3.05) is 60.0 Å². The average molecular weight is 332 g/mol. The molecule has 3 heterocycles. The van der Waals surface area contributed by atoms with E-state index in [2.05, 4.69) is 52.8 Å². The summed E-state index contributed by atoms with van der Waals surface area (Å²) >= 11 is 0. The topological polar surface area (TPSA) is 31.8 Å². The van der Waals surface area contributed by atoms with Crippen molar-refractivity contribution in [3.63, 3.8) is 0 Å². The van der Waals surface area contributed by atoms with Gasteiger partial charge in [0.05, 0.1) is 13.2 Å². The molecule has 0 aromatic carbocycles. The third kappa shape index (κ3) is 4.33. The number of aromatic nitrogens is 1. The maximum absolute atomic E-state index is 5.46. The normalized spacial score (nSPS) is 27.7. The van der Waals surface area contributed by atoms with Crippen LogP contribution in [0.3, 0.4) is 0 Å². The zero-order chi connectivity index (χ0) is 16.9. The summed E-state index contributed by atoms with van der Waals surface area (Å²) in [4.78, 5) is 11.9. The second-order valence-electron chi connectivity index (χ2n) is 7.46. The van der Waals surface area contributed by atoms with Gasteiger partial charge in [0.25, 0.3) is 0 Å². The summed E-state index contributed by atoms with van der Waals surface area (Å²) < 4.78 is 5.46. The molecule has 24 heavy (non-hydrogen) atoms. The van der Waals surface area contributed by atoms with Crippen LogP contribution in [0.1, 0.15) is 24.9 Å². The van der Waals surface area contributed by atoms with Crippen LogP contribution >= 0.6 is 0 Å². The highest BCUT2D eigenvalue weighted by atomic mass is 16.5. The second-order valence-corrected chi connectivity index (χ2v) is 7.46. The van der Waals surface area contributed by atoms with Gasteiger partial charge in [0.2, 0.25) is 0 Å². The fourth-order valence-corrected chi connectivity index (χ4v) is 4.14. The Labute approximate surface area is 146 Å². The molecule has 0 aliphatic carbocycles. The standard InChI is InChI=1S/C19H32N4O/c1-16(14-23-9-11-24-12-10-23)22(3)15-18-6-8-21(2)19(18)17-5-4-7-20-13-17/h4-5,7,13,16,18-19H,6,8-12,14-15H2,1-3H3/t16?,18-,19-/m0/s1. The van der Waals surface area contributed by atoms with Crippen LogP contribution in [0.2, 0.25) is 0 Å². The lowest BCUT2D eigenvalue weighted by Gasteiger charge is -2.35. The average Bonchev–Trinajstić information content (AvgIpc) is 2.97. The molecule has 134 valence electrons. The molecule has 2 aliphatic rings. The highest BCUT2D eigenvalue weighted by molar-refractivity contribution is 5.17. The van der Waals surface area contributed by atoms with Crippen molar-refractivity contribution in [3.8, 4) is 0 Å². The fourth-order valence-electron chi connectivity index (χ4n) is 4.14. The van der Waals surface area contributed by atoms with E-state index < -0.39 is 0 Å². The number of hydrogen-bond donors (Lipinski definition) is 0. The van der Waals surface area contributed by atoms with E-state index in [0.717, 1.165) is 39.4 Å². The fraction of sp³-hybridized carbons (Fsp3) is 0.737. The molecule has 5 heteroatoms. The molecular weight excluding hydrogens is 300 g/mol. The Bertz CT molecular complexity index is 491. The maximum Gasteiger partial charge on any atom is 0.0594 e. The van der Waals surface area contributed by atoms with Gasteiger partial charge in [-0.3, -0.25) is 14.8 Å². The number of morpholine rings is 1. The summed E-state index contributed by atoms with van der Waals surface area (Å²) in [6.07, 6.45) is 5.17. The predicted molar refractivity (Wildman–Crippen MR) is 97.1 cm³/mol. The minimum absolute atomic E-state index is 0.497. The SMILES string of the molecule is CC(CN1CCOCC1)N(C)C[C@@H]1CCN(C)[C@H]1c1cccnc1. The molecule has 1 aromatic heterocycles. The van der Waals surface area contributed by atoms with Gasteiger partial charge in [0.15, 0.2) is 0 Å². The Morgan fingerprint density at radius 3 is 2.83 bits per heavy atom. The third-order valence-electron chi connectivity index (χ3n) is 5.70. The first-order valence-corrected chi connectivity index (χ1v) is 9.25. The first kappa shape index (κ1) is 17.8. The molecule has 2 aliphatic heterocycles. The number of pyridine rings is 1. The predicted octanol–water partition coefficient (Wildman–Crippen LogP) is 1.73. The summed E-state index contributed by atoms with van der Waals surface area (Å²) in [5.74, 6) is 0.677. The lowest BCUT2D eigenvalue weighted by Crippen LogP contribution is -2.46. The number of likely N-dealkylation sites (N-methyl/N-ethyl adjacent to an activating group) is 1. The smallest absolute Gasteiger partial charge is 0.0594 e. The van der Waals surface area contributed by atoms with Crippen LogP contribution in [0, 0.1) is 5.92 Å². The van der Waals surface area contributed by atoms with Gasteiger partial charge in [0.1, 0.15) is 0 Å². The zero-order valence-electron chi connectivity index (χ0n) is 15.4. The number of nitrogens with zero attached hydrogens (tertiary/aromatic N) is 4. The third-order valence-corrected chi connectivity index (χ3v) is 5.70. The maximum atomic E-state index is 5.46. The van der Waals surface area contributed by atoms with Gasteiger partial charge in [-0.25, -0.2) is 0 Å². The monoisotopic (exact) mass is 332 g/mol. The van der Waals surface area contributed by atoms with E-state index in [4.69, 9.17) is 4.74 Å². The highest BCUT2D eigenvalue weighted by Gasteiger charge is 2.34. The van der Waals surface area contributed by atoms with Gasteiger partial charge >= 0.3 is 0 Å². The molecule has 0 saturated carbocycles. The van der Waals surface area contributed by atoms with Crippen LogP contribution < -0.4 is 0 Å². The van der Waals surface area contributed by atoms with E-state index in [1.807, 2.05) is 12.4 Å². The van der Waals surface area contributed by atoms with E-state index in [1.54, 1.807) is 0 Å². The van der Waals surface area contributed by atoms with Crippen molar-refractivity contribution in [1.29, 1.82) is 0 Å². The zero-order valence-corrected chi connectivity index (χ0v) is 15.4. The van der Waals surface area contributed by atoms with Crippen molar-refractivity contribution >= 4 is 0 Å². The molecular formula is C19H32N4O. The Balaban J connectivity index is 1.57. The Morgan fingerprint density at radius 1 is 1.33 bits per heavy atom. The van der Waals surface area contributed by atoms with Crippen LogP contribution in [0.25, 0.3) is 0 Å². The molecule has 0 spiro atoms. The van der Waals surface area contributed by atoms with Crippen LogP contribution in [-0.4, -0.2) is 85.8 Å². The summed E-state index contributed by atoms with van der Waals surface area (Å²) in [6.45, 7) is 9.73. The number of hydrogen-bond acceptors (Lipinski definition) is 5. The summed E-state index contributed by atoms with van der Waals surface area (Å²) in [5.41, 5.74) is 1.36. The van der Waals surface area contributed by atoms with E-state index in [9.17, 15) is 0 Å². The summed E-state index contributed by atoms with van der Waals surface area (Å²) in [5, 5.41) is 0. The Hall–Kier alpha value is -1.01. The first-order valence-electron chi connectivity index (χ1n) is 9.25. The molecule has 0 radical (unpaired) electrons. The van der Waals surface area contributed by atoms with Gasteiger partial charge < -0.3 is 9.64 Å². The molecule has 0 bridgehead atoms. The van der Waals surface area contributed by atoms with Crippen molar-refractivity contribution in [1.82, 2.24) is 19.7 Å². The minimum Gasteiger partial charge on any atom is -0.379 e. The van der Waals surface area contributed by atoms with Crippen molar-refractivity contribution in [3.05, 3.63) is 30.1 Å². The number of rotatable bonds is 6. The molecule has 3 rings (SSSR count). The van der Waals surface area contributed by atoms with E-state index in [1.165, 1.54) is 18.5 Å². The lowest BCUT2D eigenvalue weighted by molar-refractivity contribution is 0.0251. The first-order chi connectivity index (χ1) is 11.6. The van der Waals surface area contributed by atoms with Gasteiger partial charge in [0, 0.05) is 50.7 Å². The van der Waals surface area contributed by atoms with Crippen LogP contribution in [0.4, 0.5) is 0 Å². The Morgan fingerprint density at radius 2 is 2.12 bits per heavy atom. The quantitative estimate of drug-likeness (QED) is 0.792. The van der Waals surface area contributed by atoms with E-state index in [-0.39, 0.29) is 0 Å². The molecule has 3 atom stereocenters. The number of ether oxygens (including phenoxy) is 1. The highest BCUT2D eigenvalue weighted by Crippen LogP contribution is 2.36. The molecule has 2 fully saturated rings. The van der Waals surface area contributed by atoms with Crippen LogP contribution in [0.15, 0.2) is 24.5 Å². The summed E-state index contributed by atoms with van der Waals surface area (Å²) in [6, 6.07) is 5.35. The van der Waals surface area contributed by atoms with E-state index in [0.29, 0.717) is 18.0 Å². The lowest BCUT2D eigenvalue weighted by atomic mass is 9.94. The Kier molecular flexibility index (Phi) is 6.22. The van der Waals surface area contributed by atoms with Gasteiger partial charge in [-0.15, -0.1) is 0 Å². The molecule has 2 saturated heterocycles. The number of likely N-dealkylation sites (tertiary alicyclic amines) is 1. The van der Waals surface area contributed by atoms with Crippen LogP contribution in [0.5, 0.6) is 0 Å². The minimum atomic E-state index is 0.497. The molecule has 1 unspecified atom stereocenters. The van der Waals surface area contributed by atoms with Crippen molar-refractivity contribution < 1.29 is 4.74 Å². The van der Waals surface area contributed by atoms with Gasteiger partial charge in [-0.2, -0.15) is 0 Å². The van der Waals surface area contributed by atoms with Crippen molar-refractivity contribution in [2.45, 2.75) is 25.4 Å². The van der Waals surface area contributed by atoms with Crippen molar-refractivity contribution in [2.24, 2.45) is 5.92 Å². The second kappa shape index (κ2) is 8.39. The van der Waals surface area contributed by atoms with Gasteiger partial charge in [-0.05, 0) is 51.5 Å². The molecule has 1 aromatic rings. The molecule has 5 nitrogen and oxygen atoms in total. The van der Waals surface area contributed by atoms with Gasteiger partial charge in [-0.1, -0.05) is 6.07 Å². The molecule has 0 amide bonds. The summed E-state index contributed by atoms with van der Waals surface area (Å²) in [7, 11) is 4.53. The molecule has 0 N–H and O–H groups in total. The van der Waals surface area contributed by atoms with E-state index >= 15 is 0 Å². The van der Waals surface area contributed by atoms with Crippen LogP contribution in [-0.2, 0) is 4.74 Å². The largest absolute Gasteiger partial charge is 0.379 e.